The SMILES string of the molecule is CC.CCC(=O)CCN1CCN(CC)CC1. The van der Waals surface area contributed by atoms with Gasteiger partial charge in [0.05, 0.1) is 0 Å². The van der Waals surface area contributed by atoms with E-state index in [-0.39, 0.29) is 0 Å². The van der Waals surface area contributed by atoms with Crippen LogP contribution in [-0.4, -0.2) is 54.9 Å². The lowest BCUT2D eigenvalue weighted by atomic mass is 10.2. The average molecular weight is 228 g/mol. The first-order chi connectivity index (χ1) is 7.76. The Morgan fingerprint density at radius 1 is 1.00 bits per heavy atom. The molecule has 1 rings (SSSR count). The summed E-state index contributed by atoms with van der Waals surface area (Å²) < 4.78 is 0. The molecule has 0 aromatic heterocycles. The van der Waals surface area contributed by atoms with Crippen LogP contribution in [-0.2, 0) is 4.79 Å². The molecule has 0 atom stereocenters. The Labute approximate surface area is 101 Å². The molecule has 1 saturated heterocycles. The quantitative estimate of drug-likeness (QED) is 0.719. The Morgan fingerprint density at radius 3 is 1.94 bits per heavy atom. The number of piperazine rings is 1. The van der Waals surface area contributed by atoms with Crippen molar-refractivity contribution in [2.75, 3.05) is 39.3 Å². The van der Waals surface area contributed by atoms with E-state index in [4.69, 9.17) is 0 Å². The smallest absolute Gasteiger partial charge is 0.133 e. The topological polar surface area (TPSA) is 23.6 Å². The Kier molecular flexibility index (Phi) is 9.54. The molecule has 1 heterocycles. The molecule has 1 aliphatic heterocycles. The first-order valence-corrected chi connectivity index (χ1v) is 6.72. The summed E-state index contributed by atoms with van der Waals surface area (Å²) in [4.78, 5) is 16.0. The highest BCUT2D eigenvalue weighted by Crippen LogP contribution is 2.02. The number of hydrogen-bond donors (Lipinski definition) is 0. The zero-order valence-corrected chi connectivity index (χ0v) is 11.5. The zero-order valence-electron chi connectivity index (χ0n) is 11.5. The van der Waals surface area contributed by atoms with Gasteiger partial charge in [0, 0.05) is 45.6 Å². The molecule has 16 heavy (non-hydrogen) atoms. The number of rotatable bonds is 5. The summed E-state index contributed by atoms with van der Waals surface area (Å²) in [5, 5.41) is 0. The molecule has 0 N–H and O–H groups in total. The van der Waals surface area contributed by atoms with Gasteiger partial charge in [-0.05, 0) is 6.54 Å². The van der Waals surface area contributed by atoms with Crippen molar-refractivity contribution in [3.8, 4) is 0 Å². The van der Waals surface area contributed by atoms with Crippen molar-refractivity contribution in [2.24, 2.45) is 0 Å². The highest BCUT2D eigenvalue weighted by Gasteiger charge is 2.15. The minimum atomic E-state index is 0.392. The first-order valence-electron chi connectivity index (χ1n) is 6.72. The van der Waals surface area contributed by atoms with Crippen LogP contribution < -0.4 is 0 Å². The van der Waals surface area contributed by atoms with Crippen molar-refractivity contribution in [2.45, 2.75) is 40.5 Å². The van der Waals surface area contributed by atoms with Gasteiger partial charge in [-0.25, -0.2) is 0 Å². The lowest BCUT2D eigenvalue weighted by Crippen LogP contribution is -2.46. The van der Waals surface area contributed by atoms with Gasteiger partial charge in [-0.2, -0.15) is 0 Å². The minimum absolute atomic E-state index is 0.392. The monoisotopic (exact) mass is 228 g/mol. The number of likely N-dealkylation sites (N-methyl/N-ethyl adjacent to an activating group) is 1. The summed E-state index contributed by atoms with van der Waals surface area (Å²) in [7, 11) is 0. The van der Waals surface area contributed by atoms with Crippen molar-refractivity contribution >= 4 is 5.78 Å². The number of Topliss-reactive ketones (excluding diaryl/α,β-unsaturated/α-hetero) is 1. The van der Waals surface area contributed by atoms with Crippen LogP contribution in [0, 0.1) is 0 Å². The molecule has 0 aromatic carbocycles. The molecule has 1 fully saturated rings. The van der Waals surface area contributed by atoms with Crippen molar-refractivity contribution in [1.29, 1.82) is 0 Å². The van der Waals surface area contributed by atoms with Crippen molar-refractivity contribution in [3.63, 3.8) is 0 Å². The van der Waals surface area contributed by atoms with Gasteiger partial charge < -0.3 is 9.80 Å². The highest BCUT2D eigenvalue weighted by molar-refractivity contribution is 5.78. The lowest BCUT2D eigenvalue weighted by molar-refractivity contribution is -0.119. The number of nitrogens with zero attached hydrogens (tertiary/aromatic N) is 2. The largest absolute Gasteiger partial charge is 0.301 e. The molecule has 0 saturated carbocycles. The van der Waals surface area contributed by atoms with E-state index in [9.17, 15) is 4.79 Å². The fourth-order valence-corrected chi connectivity index (χ4v) is 1.79. The average Bonchev–Trinajstić information content (AvgIpc) is 2.38. The third-order valence-corrected chi connectivity index (χ3v) is 3.01. The normalized spacial score (nSPS) is 17.8. The summed E-state index contributed by atoms with van der Waals surface area (Å²) in [6.45, 7) is 14.9. The van der Waals surface area contributed by atoms with Crippen molar-refractivity contribution in [1.82, 2.24) is 9.80 Å². The fourth-order valence-electron chi connectivity index (χ4n) is 1.79. The van der Waals surface area contributed by atoms with Crippen LogP contribution in [0.15, 0.2) is 0 Å². The molecule has 0 radical (unpaired) electrons. The number of carbonyl (C=O) groups is 1. The van der Waals surface area contributed by atoms with Crippen molar-refractivity contribution < 1.29 is 4.79 Å². The van der Waals surface area contributed by atoms with Crippen LogP contribution in [0.4, 0.5) is 0 Å². The standard InChI is InChI=1S/C11H22N2O.C2H6/c1-3-11(14)5-6-13-9-7-12(4-2)8-10-13;1-2/h3-10H2,1-2H3;1-2H3. The van der Waals surface area contributed by atoms with E-state index in [1.165, 1.54) is 0 Å². The Balaban J connectivity index is 0.00000106. The molecule has 3 nitrogen and oxygen atoms in total. The van der Waals surface area contributed by atoms with Crippen LogP contribution in [0.25, 0.3) is 0 Å². The first kappa shape index (κ1) is 15.6. The molecule has 0 spiro atoms. The van der Waals surface area contributed by atoms with Gasteiger partial charge in [0.1, 0.15) is 5.78 Å². The molecule has 0 unspecified atom stereocenters. The van der Waals surface area contributed by atoms with E-state index < -0.39 is 0 Å². The highest BCUT2D eigenvalue weighted by atomic mass is 16.1. The van der Waals surface area contributed by atoms with Gasteiger partial charge >= 0.3 is 0 Å². The van der Waals surface area contributed by atoms with Crippen LogP contribution in [0.2, 0.25) is 0 Å². The summed E-state index contributed by atoms with van der Waals surface area (Å²) in [5.74, 6) is 0.392. The molecule has 0 amide bonds. The predicted molar refractivity (Wildman–Crippen MR) is 69.8 cm³/mol. The molecular formula is C13H28N2O. The van der Waals surface area contributed by atoms with E-state index in [1.807, 2.05) is 20.8 Å². The maximum atomic E-state index is 11.1. The minimum Gasteiger partial charge on any atom is -0.301 e. The maximum Gasteiger partial charge on any atom is 0.133 e. The van der Waals surface area contributed by atoms with E-state index in [0.717, 1.165) is 45.7 Å². The zero-order chi connectivity index (χ0) is 12.4. The third-order valence-electron chi connectivity index (χ3n) is 3.01. The number of carbonyl (C=O) groups excluding carboxylic acids is 1. The molecule has 0 bridgehead atoms. The van der Waals surface area contributed by atoms with E-state index in [1.54, 1.807) is 0 Å². The van der Waals surface area contributed by atoms with Crippen LogP contribution >= 0.6 is 0 Å². The Bertz CT molecular complexity index is 175. The number of ketones is 1. The molecular weight excluding hydrogens is 200 g/mol. The Hall–Kier alpha value is -0.410. The second-order valence-corrected chi connectivity index (χ2v) is 3.92. The molecule has 0 aromatic rings. The van der Waals surface area contributed by atoms with Gasteiger partial charge in [-0.3, -0.25) is 4.79 Å². The van der Waals surface area contributed by atoms with E-state index in [0.29, 0.717) is 12.2 Å². The van der Waals surface area contributed by atoms with Gasteiger partial charge in [-0.1, -0.05) is 27.7 Å². The molecule has 0 aliphatic carbocycles. The lowest BCUT2D eigenvalue weighted by Gasteiger charge is -2.33. The second kappa shape index (κ2) is 9.79. The van der Waals surface area contributed by atoms with Gasteiger partial charge in [0.15, 0.2) is 0 Å². The van der Waals surface area contributed by atoms with Crippen LogP contribution in [0.3, 0.4) is 0 Å². The van der Waals surface area contributed by atoms with Crippen LogP contribution in [0.5, 0.6) is 0 Å². The van der Waals surface area contributed by atoms with Gasteiger partial charge in [-0.15, -0.1) is 0 Å². The predicted octanol–water partition coefficient (Wildman–Crippen LogP) is 2.02. The molecule has 1 aliphatic rings. The summed E-state index contributed by atoms with van der Waals surface area (Å²) >= 11 is 0. The number of hydrogen-bond acceptors (Lipinski definition) is 3. The summed E-state index contributed by atoms with van der Waals surface area (Å²) in [6, 6.07) is 0. The third kappa shape index (κ3) is 6.23. The van der Waals surface area contributed by atoms with E-state index in [2.05, 4.69) is 16.7 Å². The maximum absolute atomic E-state index is 11.1. The Morgan fingerprint density at radius 2 is 1.50 bits per heavy atom. The van der Waals surface area contributed by atoms with Crippen molar-refractivity contribution in [3.05, 3.63) is 0 Å². The molecule has 96 valence electrons. The fraction of sp³-hybridized carbons (Fsp3) is 0.923. The summed E-state index contributed by atoms with van der Waals surface area (Å²) in [6.07, 6.45) is 1.43. The van der Waals surface area contributed by atoms with E-state index >= 15 is 0 Å². The van der Waals surface area contributed by atoms with Gasteiger partial charge in [0.25, 0.3) is 0 Å². The summed E-state index contributed by atoms with van der Waals surface area (Å²) in [5.41, 5.74) is 0. The van der Waals surface area contributed by atoms with Crippen LogP contribution in [0.1, 0.15) is 40.5 Å². The molecule has 3 heteroatoms. The van der Waals surface area contributed by atoms with Gasteiger partial charge in [0.2, 0.25) is 0 Å². The second-order valence-electron chi connectivity index (χ2n) is 3.92.